The number of rotatable bonds is 1. The van der Waals surface area contributed by atoms with Crippen LogP contribution in [-0.2, 0) is 0 Å². The van der Waals surface area contributed by atoms with Gasteiger partial charge in [0.05, 0.1) is 0 Å². The first kappa shape index (κ1) is 10.6. The highest BCUT2D eigenvalue weighted by Crippen LogP contribution is 2.25. The molecule has 0 spiro atoms. The monoisotopic (exact) mass is 240 g/mol. The highest BCUT2D eigenvalue weighted by atomic mass is 16.3. The number of hydrogen-bond donors (Lipinski definition) is 2. The molecule has 3 rings (SSSR count). The summed E-state index contributed by atoms with van der Waals surface area (Å²) in [5.41, 5.74) is 9.13. The second kappa shape index (κ2) is 3.73. The number of benzene rings is 2. The molecule has 5 nitrogen and oxygen atoms in total. The molecule has 5 heteroatoms. The van der Waals surface area contributed by atoms with Crippen LogP contribution in [0.25, 0.3) is 16.7 Å². The van der Waals surface area contributed by atoms with E-state index in [0.717, 1.165) is 11.1 Å². The zero-order chi connectivity index (χ0) is 12.7. The van der Waals surface area contributed by atoms with E-state index in [1.54, 1.807) is 24.3 Å². The van der Waals surface area contributed by atoms with E-state index in [2.05, 4.69) is 10.2 Å². The maximum Gasteiger partial charge on any atom is 0.145 e. The average Bonchev–Trinajstić information content (AvgIpc) is 2.75. The predicted molar refractivity (Wildman–Crippen MR) is 69.7 cm³/mol. The van der Waals surface area contributed by atoms with Crippen molar-refractivity contribution in [3.63, 3.8) is 0 Å². The van der Waals surface area contributed by atoms with Gasteiger partial charge in [-0.1, -0.05) is 12.1 Å². The van der Waals surface area contributed by atoms with Crippen molar-refractivity contribution >= 4 is 16.7 Å². The van der Waals surface area contributed by atoms with E-state index in [9.17, 15) is 5.11 Å². The molecule has 18 heavy (non-hydrogen) atoms. The number of fused-ring (bicyclic) bond motifs is 1. The maximum absolute atomic E-state index is 10.0. The van der Waals surface area contributed by atoms with Crippen LogP contribution in [0.3, 0.4) is 0 Å². The van der Waals surface area contributed by atoms with Gasteiger partial charge in [0, 0.05) is 5.69 Å². The second-order valence-electron chi connectivity index (χ2n) is 4.18. The topological polar surface area (TPSA) is 77.0 Å². The minimum atomic E-state index is 0.186. The summed E-state index contributed by atoms with van der Waals surface area (Å²) < 4.78 is 0. The Labute approximate surface area is 103 Å². The summed E-state index contributed by atoms with van der Waals surface area (Å²) in [6, 6.07) is 10.8. The molecule has 90 valence electrons. The van der Waals surface area contributed by atoms with Crippen LogP contribution < -0.4 is 5.73 Å². The smallest absolute Gasteiger partial charge is 0.145 e. The van der Waals surface area contributed by atoms with E-state index in [1.807, 2.05) is 19.1 Å². The van der Waals surface area contributed by atoms with Gasteiger partial charge in [-0.15, -0.1) is 15.0 Å². The standard InChI is InChI=1S/C13H12N4O/c1-8-3-2-4-12(13(8)18)17-15-10-6-5-9(14)7-11(10)16-17/h2-7,18H,14H2,1H3. The third-order valence-electron chi connectivity index (χ3n) is 2.84. The number of nitrogens with two attached hydrogens (primary N) is 1. The molecule has 3 aromatic rings. The van der Waals surface area contributed by atoms with E-state index in [0.29, 0.717) is 16.9 Å². The Morgan fingerprint density at radius 2 is 1.89 bits per heavy atom. The minimum Gasteiger partial charge on any atom is -0.505 e. The number of hydrogen-bond acceptors (Lipinski definition) is 4. The molecular formula is C13H12N4O. The number of phenolic OH excluding ortho intramolecular Hbond substituents is 1. The van der Waals surface area contributed by atoms with E-state index in [1.165, 1.54) is 4.80 Å². The maximum atomic E-state index is 10.0. The minimum absolute atomic E-state index is 0.186. The third kappa shape index (κ3) is 1.57. The number of aromatic hydroxyl groups is 1. The number of anilines is 1. The Balaban J connectivity index is 2.22. The van der Waals surface area contributed by atoms with Gasteiger partial charge in [-0.2, -0.15) is 0 Å². The quantitative estimate of drug-likeness (QED) is 0.638. The fourth-order valence-electron chi connectivity index (χ4n) is 1.84. The molecule has 0 aliphatic rings. The van der Waals surface area contributed by atoms with Crippen LogP contribution >= 0.6 is 0 Å². The lowest BCUT2D eigenvalue weighted by molar-refractivity contribution is 0.463. The van der Waals surface area contributed by atoms with Gasteiger partial charge in [0.15, 0.2) is 0 Å². The van der Waals surface area contributed by atoms with E-state index >= 15 is 0 Å². The molecule has 0 aliphatic heterocycles. The molecule has 2 aromatic carbocycles. The molecular weight excluding hydrogens is 228 g/mol. The normalized spacial score (nSPS) is 10.9. The van der Waals surface area contributed by atoms with Gasteiger partial charge < -0.3 is 10.8 Å². The van der Waals surface area contributed by atoms with Crippen molar-refractivity contribution in [3.05, 3.63) is 42.0 Å². The summed E-state index contributed by atoms with van der Waals surface area (Å²) >= 11 is 0. The van der Waals surface area contributed by atoms with Gasteiger partial charge in [0.25, 0.3) is 0 Å². The summed E-state index contributed by atoms with van der Waals surface area (Å²) in [5.74, 6) is 0.186. The van der Waals surface area contributed by atoms with Crippen molar-refractivity contribution < 1.29 is 5.11 Å². The van der Waals surface area contributed by atoms with Crippen LogP contribution in [0.5, 0.6) is 5.75 Å². The number of aromatic nitrogens is 3. The molecule has 0 atom stereocenters. The summed E-state index contributed by atoms with van der Waals surface area (Å²) in [5, 5.41) is 18.6. The van der Waals surface area contributed by atoms with Crippen molar-refractivity contribution in [1.29, 1.82) is 0 Å². The molecule has 1 heterocycles. The van der Waals surface area contributed by atoms with E-state index < -0.39 is 0 Å². The Morgan fingerprint density at radius 3 is 2.72 bits per heavy atom. The van der Waals surface area contributed by atoms with Gasteiger partial charge in [0.2, 0.25) is 0 Å². The van der Waals surface area contributed by atoms with Crippen molar-refractivity contribution in [2.75, 3.05) is 5.73 Å². The van der Waals surface area contributed by atoms with Crippen LogP contribution in [0.4, 0.5) is 5.69 Å². The van der Waals surface area contributed by atoms with Crippen LogP contribution in [0.1, 0.15) is 5.56 Å². The van der Waals surface area contributed by atoms with Crippen molar-refractivity contribution in [2.45, 2.75) is 6.92 Å². The zero-order valence-electron chi connectivity index (χ0n) is 9.83. The van der Waals surface area contributed by atoms with Crippen molar-refractivity contribution in [3.8, 4) is 11.4 Å². The summed E-state index contributed by atoms with van der Waals surface area (Å²) in [7, 11) is 0. The van der Waals surface area contributed by atoms with E-state index in [-0.39, 0.29) is 5.75 Å². The first-order chi connectivity index (χ1) is 8.65. The molecule has 0 aliphatic carbocycles. The Morgan fingerprint density at radius 1 is 1.11 bits per heavy atom. The highest BCUT2D eigenvalue weighted by Gasteiger charge is 2.09. The Hall–Kier alpha value is -2.56. The first-order valence-corrected chi connectivity index (χ1v) is 5.57. The number of nitrogens with zero attached hydrogens (tertiary/aromatic N) is 3. The lowest BCUT2D eigenvalue weighted by atomic mass is 10.2. The first-order valence-electron chi connectivity index (χ1n) is 5.57. The Kier molecular flexibility index (Phi) is 2.19. The summed E-state index contributed by atoms with van der Waals surface area (Å²) in [6.45, 7) is 1.83. The molecule has 0 bridgehead atoms. The lowest BCUT2D eigenvalue weighted by Gasteiger charge is -2.04. The van der Waals surface area contributed by atoms with Crippen LogP contribution in [0.15, 0.2) is 36.4 Å². The molecule has 0 unspecified atom stereocenters. The second-order valence-corrected chi connectivity index (χ2v) is 4.18. The predicted octanol–water partition coefficient (Wildman–Crippen LogP) is 2.02. The summed E-state index contributed by atoms with van der Waals surface area (Å²) in [6.07, 6.45) is 0. The fraction of sp³-hybridized carbons (Fsp3) is 0.0769. The average molecular weight is 240 g/mol. The molecule has 0 saturated heterocycles. The molecule has 3 N–H and O–H groups in total. The number of phenols is 1. The van der Waals surface area contributed by atoms with E-state index in [4.69, 9.17) is 5.73 Å². The van der Waals surface area contributed by atoms with Crippen LogP contribution in [0.2, 0.25) is 0 Å². The van der Waals surface area contributed by atoms with Crippen molar-refractivity contribution in [2.24, 2.45) is 0 Å². The SMILES string of the molecule is Cc1cccc(-n2nc3ccc(N)cc3n2)c1O. The van der Waals surface area contributed by atoms with Gasteiger partial charge in [-0.05, 0) is 36.8 Å². The number of para-hydroxylation sites is 1. The van der Waals surface area contributed by atoms with Crippen LogP contribution in [0, 0.1) is 6.92 Å². The molecule has 0 fully saturated rings. The van der Waals surface area contributed by atoms with Crippen molar-refractivity contribution in [1.82, 2.24) is 15.0 Å². The molecule has 0 radical (unpaired) electrons. The lowest BCUT2D eigenvalue weighted by Crippen LogP contribution is -1.99. The highest BCUT2D eigenvalue weighted by molar-refractivity contribution is 5.77. The largest absolute Gasteiger partial charge is 0.505 e. The molecule has 0 saturated carbocycles. The molecule has 1 aromatic heterocycles. The molecule has 0 amide bonds. The van der Waals surface area contributed by atoms with Gasteiger partial charge >= 0.3 is 0 Å². The number of aryl methyl sites for hydroxylation is 1. The number of nitrogen functional groups attached to an aromatic ring is 1. The Bertz CT molecular complexity index is 733. The van der Waals surface area contributed by atoms with Gasteiger partial charge in [-0.25, -0.2) is 0 Å². The summed E-state index contributed by atoms with van der Waals surface area (Å²) in [4.78, 5) is 1.42. The van der Waals surface area contributed by atoms with Gasteiger partial charge in [-0.3, -0.25) is 0 Å². The zero-order valence-corrected chi connectivity index (χ0v) is 9.83. The van der Waals surface area contributed by atoms with Gasteiger partial charge in [0.1, 0.15) is 22.5 Å². The fourth-order valence-corrected chi connectivity index (χ4v) is 1.84. The van der Waals surface area contributed by atoms with Crippen LogP contribution in [-0.4, -0.2) is 20.1 Å². The third-order valence-corrected chi connectivity index (χ3v) is 2.84.